The van der Waals surface area contributed by atoms with Crippen molar-refractivity contribution in [3.8, 4) is 22.7 Å². The second-order valence-electron chi connectivity index (χ2n) is 6.56. The molecule has 7 nitrogen and oxygen atoms in total. The quantitative estimate of drug-likeness (QED) is 0.526. The van der Waals surface area contributed by atoms with E-state index in [1.54, 1.807) is 83.7 Å². The van der Waals surface area contributed by atoms with Gasteiger partial charge < -0.3 is 5.11 Å². The number of aromatic nitrogens is 3. The van der Waals surface area contributed by atoms with Crippen molar-refractivity contribution in [1.82, 2.24) is 15.0 Å². The van der Waals surface area contributed by atoms with Gasteiger partial charge in [0.1, 0.15) is 11.4 Å². The van der Waals surface area contributed by atoms with Crippen molar-refractivity contribution in [2.45, 2.75) is 11.8 Å². The molecule has 0 bridgehead atoms. The zero-order valence-corrected chi connectivity index (χ0v) is 16.3. The monoisotopic (exact) mass is 406 g/mol. The summed E-state index contributed by atoms with van der Waals surface area (Å²) in [4.78, 5) is 0.212. The number of aryl methyl sites for hydroxylation is 1. The largest absolute Gasteiger partial charge is 0.508 e. The summed E-state index contributed by atoms with van der Waals surface area (Å²) in [5, 5.41) is 17.6. The Morgan fingerprint density at radius 1 is 0.897 bits per heavy atom. The van der Waals surface area contributed by atoms with Crippen molar-refractivity contribution in [2.24, 2.45) is 0 Å². The summed E-state index contributed by atoms with van der Waals surface area (Å²) in [6.45, 7) is 1.90. The number of phenols is 1. The van der Waals surface area contributed by atoms with Crippen LogP contribution in [0, 0.1) is 6.92 Å². The molecule has 4 aromatic rings. The Balaban J connectivity index is 1.52. The number of hydrogen-bond acceptors (Lipinski definition) is 5. The van der Waals surface area contributed by atoms with Crippen LogP contribution in [0.25, 0.3) is 16.9 Å². The van der Waals surface area contributed by atoms with Gasteiger partial charge in [0, 0.05) is 11.3 Å². The van der Waals surface area contributed by atoms with Crippen LogP contribution in [0.3, 0.4) is 0 Å². The minimum absolute atomic E-state index is 0.178. The number of nitrogens with zero attached hydrogens (tertiary/aromatic N) is 3. The fourth-order valence-corrected chi connectivity index (χ4v) is 3.83. The maximum Gasteiger partial charge on any atom is 0.261 e. The normalized spacial score (nSPS) is 11.3. The second-order valence-corrected chi connectivity index (χ2v) is 8.24. The SMILES string of the molecule is Cc1ccc(S(=O)(=O)Nc2ccc(-c3cn(-c4ccc(O)cc4)nn3)cc2)cc1. The first-order valence-corrected chi connectivity index (χ1v) is 10.3. The summed E-state index contributed by atoms with van der Waals surface area (Å²) in [5.74, 6) is 0.178. The predicted molar refractivity (Wildman–Crippen MR) is 110 cm³/mol. The summed E-state index contributed by atoms with van der Waals surface area (Å²) in [7, 11) is -3.65. The van der Waals surface area contributed by atoms with Gasteiger partial charge in [-0.2, -0.15) is 0 Å². The standard InChI is InChI=1S/C21H18N4O3S/c1-15-2-12-20(13-3-15)29(27,28)23-17-6-4-16(5-7-17)21-14-25(24-22-21)18-8-10-19(26)11-9-18/h2-14,23,26H,1H3. The van der Waals surface area contributed by atoms with Gasteiger partial charge in [-0.05, 0) is 55.5 Å². The van der Waals surface area contributed by atoms with E-state index in [1.807, 2.05) is 6.92 Å². The van der Waals surface area contributed by atoms with Crippen LogP contribution >= 0.6 is 0 Å². The van der Waals surface area contributed by atoms with E-state index < -0.39 is 10.0 Å². The molecule has 3 aromatic carbocycles. The molecule has 29 heavy (non-hydrogen) atoms. The number of anilines is 1. The number of hydrogen-bond donors (Lipinski definition) is 2. The maximum absolute atomic E-state index is 12.5. The van der Waals surface area contributed by atoms with Crippen LogP contribution in [0.1, 0.15) is 5.56 Å². The van der Waals surface area contributed by atoms with Crippen molar-refractivity contribution < 1.29 is 13.5 Å². The number of benzene rings is 3. The third kappa shape index (κ3) is 4.12. The first kappa shape index (κ1) is 18.7. The average Bonchev–Trinajstić information content (AvgIpc) is 3.19. The Hall–Kier alpha value is -3.65. The third-order valence-corrected chi connectivity index (χ3v) is 5.77. The van der Waals surface area contributed by atoms with Gasteiger partial charge in [-0.3, -0.25) is 4.72 Å². The molecule has 0 aliphatic rings. The molecular formula is C21H18N4O3S. The van der Waals surface area contributed by atoms with E-state index in [0.717, 1.165) is 16.8 Å². The van der Waals surface area contributed by atoms with Crippen molar-refractivity contribution in [1.29, 1.82) is 0 Å². The Labute approximate surface area is 168 Å². The molecule has 0 atom stereocenters. The van der Waals surface area contributed by atoms with Gasteiger partial charge in [-0.15, -0.1) is 5.10 Å². The van der Waals surface area contributed by atoms with E-state index in [9.17, 15) is 13.5 Å². The van der Waals surface area contributed by atoms with Crippen LogP contribution in [0.15, 0.2) is 83.9 Å². The lowest BCUT2D eigenvalue weighted by Crippen LogP contribution is -2.12. The maximum atomic E-state index is 12.5. The highest BCUT2D eigenvalue weighted by atomic mass is 32.2. The average molecular weight is 406 g/mol. The molecule has 0 saturated heterocycles. The lowest BCUT2D eigenvalue weighted by Gasteiger charge is -2.08. The van der Waals surface area contributed by atoms with E-state index >= 15 is 0 Å². The highest BCUT2D eigenvalue weighted by molar-refractivity contribution is 7.92. The van der Waals surface area contributed by atoms with Crippen LogP contribution in [-0.2, 0) is 10.0 Å². The van der Waals surface area contributed by atoms with E-state index in [-0.39, 0.29) is 10.6 Å². The van der Waals surface area contributed by atoms with Gasteiger partial charge in [0.05, 0.1) is 16.8 Å². The van der Waals surface area contributed by atoms with Crippen LogP contribution in [-0.4, -0.2) is 28.5 Å². The van der Waals surface area contributed by atoms with E-state index in [4.69, 9.17) is 0 Å². The molecule has 0 saturated carbocycles. The summed E-state index contributed by atoms with van der Waals surface area (Å²) >= 11 is 0. The van der Waals surface area contributed by atoms with Gasteiger partial charge in [0.2, 0.25) is 0 Å². The Morgan fingerprint density at radius 3 is 2.21 bits per heavy atom. The van der Waals surface area contributed by atoms with Crippen LogP contribution in [0.2, 0.25) is 0 Å². The molecule has 2 N–H and O–H groups in total. The van der Waals surface area contributed by atoms with Gasteiger partial charge >= 0.3 is 0 Å². The van der Waals surface area contributed by atoms with Crippen molar-refractivity contribution in [3.05, 3.63) is 84.6 Å². The van der Waals surface area contributed by atoms with Crippen molar-refractivity contribution in [3.63, 3.8) is 0 Å². The molecule has 0 unspecified atom stereocenters. The summed E-state index contributed by atoms with van der Waals surface area (Å²) < 4.78 is 29.2. The fourth-order valence-electron chi connectivity index (χ4n) is 2.77. The number of rotatable bonds is 5. The Bertz CT molecular complexity index is 1230. The molecule has 1 heterocycles. The molecule has 0 spiro atoms. The van der Waals surface area contributed by atoms with Gasteiger partial charge in [0.25, 0.3) is 10.0 Å². The fraction of sp³-hybridized carbons (Fsp3) is 0.0476. The minimum atomic E-state index is -3.65. The molecule has 0 amide bonds. The van der Waals surface area contributed by atoms with Crippen molar-refractivity contribution >= 4 is 15.7 Å². The minimum Gasteiger partial charge on any atom is -0.508 e. The highest BCUT2D eigenvalue weighted by Crippen LogP contribution is 2.22. The number of phenolic OH excluding ortho intramolecular Hbond substituents is 1. The lowest BCUT2D eigenvalue weighted by atomic mass is 10.1. The molecule has 1 aromatic heterocycles. The first-order valence-electron chi connectivity index (χ1n) is 8.82. The number of sulfonamides is 1. The molecule has 146 valence electrons. The molecule has 8 heteroatoms. The van der Waals surface area contributed by atoms with Gasteiger partial charge in [-0.25, -0.2) is 13.1 Å². The van der Waals surface area contributed by atoms with Gasteiger partial charge in [-0.1, -0.05) is 35.0 Å². The Morgan fingerprint density at radius 2 is 1.55 bits per heavy atom. The summed E-state index contributed by atoms with van der Waals surface area (Å²) in [6, 6.07) is 20.2. The van der Waals surface area contributed by atoms with Crippen LogP contribution in [0.5, 0.6) is 5.75 Å². The Kier molecular flexibility index (Phi) is 4.77. The molecule has 4 rings (SSSR count). The first-order chi connectivity index (χ1) is 13.9. The van der Waals surface area contributed by atoms with E-state index in [2.05, 4.69) is 15.0 Å². The van der Waals surface area contributed by atoms with Crippen molar-refractivity contribution in [2.75, 3.05) is 4.72 Å². The molecular weight excluding hydrogens is 388 g/mol. The highest BCUT2D eigenvalue weighted by Gasteiger charge is 2.14. The van der Waals surface area contributed by atoms with Gasteiger partial charge in [0.15, 0.2) is 0 Å². The number of nitrogens with one attached hydrogen (secondary N) is 1. The smallest absolute Gasteiger partial charge is 0.261 e. The molecule has 0 fully saturated rings. The van der Waals surface area contributed by atoms with Crippen LogP contribution in [0.4, 0.5) is 5.69 Å². The topological polar surface area (TPSA) is 97.1 Å². The molecule has 0 aliphatic carbocycles. The zero-order valence-electron chi connectivity index (χ0n) is 15.5. The summed E-state index contributed by atoms with van der Waals surface area (Å²) in [6.07, 6.45) is 1.76. The molecule has 0 aliphatic heterocycles. The summed E-state index contributed by atoms with van der Waals surface area (Å²) in [5.41, 5.74) is 3.66. The number of aromatic hydroxyl groups is 1. The lowest BCUT2D eigenvalue weighted by molar-refractivity contribution is 0.475. The van der Waals surface area contributed by atoms with Crippen LogP contribution < -0.4 is 4.72 Å². The predicted octanol–water partition coefficient (Wildman–Crippen LogP) is 3.75. The van der Waals surface area contributed by atoms with E-state index in [1.165, 1.54) is 0 Å². The molecule has 0 radical (unpaired) electrons. The second kappa shape index (κ2) is 7.40. The van der Waals surface area contributed by atoms with E-state index in [0.29, 0.717) is 11.4 Å². The zero-order chi connectivity index (χ0) is 20.4. The third-order valence-electron chi connectivity index (χ3n) is 4.37.